The van der Waals surface area contributed by atoms with Gasteiger partial charge >= 0.3 is 11.9 Å². The molecule has 1 saturated heterocycles. The first-order valence-electron chi connectivity index (χ1n) is 4.12. The molecule has 0 aromatic carbocycles. The molecular weight excluding hydrogens is 156 g/mol. The summed E-state index contributed by atoms with van der Waals surface area (Å²) >= 11 is 0. The van der Waals surface area contributed by atoms with Gasteiger partial charge in [-0.3, -0.25) is 9.59 Å². The number of ether oxygens (including phenoxy) is 1. The number of rotatable bonds is 0. The summed E-state index contributed by atoms with van der Waals surface area (Å²) in [6, 6.07) is 0. The predicted octanol–water partition coefficient (Wildman–Crippen LogP) is 1.04. The molecule has 0 radical (unpaired) electrons. The lowest BCUT2D eigenvalue weighted by Gasteiger charge is -2.18. The molecular formula is C9H10O3. The molecule has 0 aromatic rings. The van der Waals surface area contributed by atoms with E-state index in [2.05, 4.69) is 4.74 Å². The normalized spacial score (nSPS) is 34.2. The molecule has 1 fully saturated rings. The maximum Gasteiger partial charge on any atom is 0.321 e. The van der Waals surface area contributed by atoms with Crippen LogP contribution in [0.25, 0.3) is 0 Å². The van der Waals surface area contributed by atoms with Crippen molar-refractivity contribution >= 4 is 11.9 Å². The molecule has 3 nitrogen and oxygen atoms in total. The van der Waals surface area contributed by atoms with Crippen molar-refractivity contribution in [2.45, 2.75) is 19.8 Å². The van der Waals surface area contributed by atoms with Crippen LogP contribution in [0.4, 0.5) is 0 Å². The van der Waals surface area contributed by atoms with Gasteiger partial charge in [0.2, 0.25) is 0 Å². The third kappa shape index (κ3) is 0.891. The van der Waals surface area contributed by atoms with Crippen molar-refractivity contribution < 1.29 is 14.3 Å². The van der Waals surface area contributed by atoms with Crippen LogP contribution in [0.5, 0.6) is 0 Å². The van der Waals surface area contributed by atoms with Gasteiger partial charge in [-0.05, 0) is 19.8 Å². The number of hydrogen-bond donors (Lipinski definition) is 0. The monoisotopic (exact) mass is 166 g/mol. The molecule has 0 saturated carbocycles. The molecule has 3 heteroatoms. The third-order valence-corrected chi connectivity index (χ3v) is 2.59. The highest BCUT2D eigenvalue weighted by atomic mass is 16.6. The third-order valence-electron chi connectivity index (χ3n) is 2.59. The van der Waals surface area contributed by atoms with Crippen LogP contribution in [0.3, 0.4) is 0 Å². The van der Waals surface area contributed by atoms with Gasteiger partial charge in [0.1, 0.15) is 0 Å². The summed E-state index contributed by atoms with van der Waals surface area (Å²) in [4.78, 5) is 22.2. The Labute approximate surface area is 70.4 Å². The Hall–Kier alpha value is -1.12. The highest BCUT2D eigenvalue weighted by Crippen LogP contribution is 2.36. The Balaban J connectivity index is 2.36. The molecule has 2 aliphatic rings. The number of carbonyl (C=O) groups excluding carboxylic acids is 2. The number of hydrogen-bond acceptors (Lipinski definition) is 3. The first-order valence-corrected chi connectivity index (χ1v) is 4.12. The second-order valence-corrected chi connectivity index (χ2v) is 3.35. The average molecular weight is 166 g/mol. The van der Waals surface area contributed by atoms with Gasteiger partial charge in [-0.15, -0.1) is 0 Å². The van der Waals surface area contributed by atoms with E-state index < -0.39 is 0 Å². The molecule has 1 aliphatic carbocycles. The van der Waals surface area contributed by atoms with Crippen molar-refractivity contribution in [2.75, 3.05) is 0 Å². The van der Waals surface area contributed by atoms with Crippen molar-refractivity contribution in [3.8, 4) is 0 Å². The van der Waals surface area contributed by atoms with E-state index in [1.165, 1.54) is 0 Å². The minimum Gasteiger partial charge on any atom is -0.392 e. The lowest BCUT2D eigenvalue weighted by atomic mass is 9.81. The molecule has 0 bridgehead atoms. The summed E-state index contributed by atoms with van der Waals surface area (Å²) in [6.45, 7) is 1.89. The van der Waals surface area contributed by atoms with E-state index in [4.69, 9.17) is 0 Å². The highest BCUT2D eigenvalue weighted by molar-refractivity contribution is 5.98. The maximum atomic E-state index is 11.1. The first-order chi connectivity index (χ1) is 5.70. The molecule has 0 spiro atoms. The number of esters is 2. The molecule has 0 aromatic heterocycles. The maximum absolute atomic E-state index is 11.1. The molecule has 2 rings (SSSR count). The zero-order valence-electron chi connectivity index (χ0n) is 6.87. The molecule has 0 unspecified atom stereocenters. The van der Waals surface area contributed by atoms with Crippen molar-refractivity contribution in [1.29, 1.82) is 0 Å². The second-order valence-electron chi connectivity index (χ2n) is 3.35. The van der Waals surface area contributed by atoms with Crippen LogP contribution in [0.1, 0.15) is 19.8 Å². The Bertz CT molecular complexity index is 277. The Morgan fingerprint density at radius 1 is 1.42 bits per heavy atom. The largest absolute Gasteiger partial charge is 0.392 e. The molecule has 1 aliphatic heterocycles. The Morgan fingerprint density at radius 2 is 2.17 bits per heavy atom. The van der Waals surface area contributed by atoms with Crippen molar-refractivity contribution in [3.05, 3.63) is 11.6 Å². The molecule has 2 atom stereocenters. The number of cyclic esters (lactones) is 2. The van der Waals surface area contributed by atoms with Gasteiger partial charge in [0, 0.05) is 0 Å². The summed E-state index contributed by atoms with van der Waals surface area (Å²) in [6.07, 6.45) is 3.66. The smallest absolute Gasteiger partial charge is 0.321 e. The molecule has 1 heterocycles. The standard InChI is InChI=1S/C9H10O3/c1-5-3-2-4-6-7(5)9(11)12-8(6)10/h3,6-7H,2,4H2,1H3/t6-,7+/m1/s1. The van der Waals surface area contributed by atoms with Crippen LogP contribution in [-0.4, -0.2) is 11.9 Å². The van der Waals surface area contributed by atoms with Crippen LogP contribution in [0.2, 0.25) is 0 Å². The topological polar surface area (TPSA) is 43.4 Å². The van der Waals surface area contributed by atoms with Crippen LogP contribution < -0.4 is 0 Å². The Kier molecular flexibility index (Phi) is 1.53. The summed E-state index contributed by atoms with van der Waals surface area (Å²) in [5.74, 6) is -1.16. The van der Waals surface area contributed by atoms with Crippen LogP contribution >= 0.6 is 0 Å². The first kappa shape index (κ1) is 7.53. The summed E-state index contributed by atoms with van der Waals surface area (Å²) in [5.41, 5.74) is 0.988. The fraction of sp³-hybridized carbons (Fsp3) is 0.556. The van der Waals surface area contributed by atoms with Gasteiger partial charge in [-0.2, -0.15) is 0 Å². The minimum absolute atomic E-state index is 0.192. The van der Waals surface area contributed by atoms with E-state index in [0.29, 0.717) is 0 Å². The van der Waals surface area contributed by atoms with Crippen LogP contribution in [0, 0.1) is 11.8 Å². The molecule has 0 N–H and O–H groups in total. The predicted molar refractivity (Wildman–Crippen MR) is 41.1 cm³/mol. The van der Waals surface area contributed by atoms with E-state index in [1.807, 2.05) is 13.0 Å². The zero-order valence-corrected chi connectivity index (χ0v) is 6.87. The van der Waals surface area contributed by atoms with E-state index in [1.54, 1.807) is 0 Å². The van der Waals surface area contributed by atoms with Crippen LogP contribution in [-0.2, 0) is 14.3 Å². The van der Waals surface area contributed by atoms with E-state index in [9.17, 15) is 9.59 Å². The molecule has 64 valence electrons. The van der Waals surface area contributed by atoms with Gasteiger partial charge in [0.15, 0.2) is 0 Å². The summed E-state index contributed by atoms with van der Waals surface area (Å²) in [5, 5.41) is 0. The van der Waals surface area contributed by atoms with E-state index >= 15 is 0 Å². The quantitative estimate of drug-likeness (QED) is 0.307. The van der Waals surface area contributed by atoms with Gasteiger partial charge in [0.25, 0.3) is 0 Å². The van der Waals surface area contributed by atoms with Crippen molar-refractivity contribution in [1.82, 2.24) is 0 Å². The van der Waals surface area contributed by atoms with Crippen LogP contribution in [0.15, 0.2) is 11.6 Å². The Morgan fingerprint density at radius 3 is 2.83 bits per heavy atom. The van der Waals surface area contributed by atoms with Crippen molar-refractivity contribution in [2.24, 2.45) is 11.8 Å². The average Bonchev–Trinajstić information content (AvgIpc) is 2.29. The van der Waals surface area contributed by atoms with Gasteiger partial charge in [0.05, 0.1) is 11.8 Å². The molecule has 0 amide bonds. The number of allylic oxidation sites excluding steroid dienone is 1. The van der Waals surface area contributed by atoms with E-state index in [-0.39, 0.29) is 23.8 Å². The number of carbonyl (C=O) groups is 2. The lowest BCUT2D eigenvalue weighted by molar-refractivity contribution is -0.153. The van der Waals surface area contributed by atoms with E-state index in [0.717, 1.165) is 18.4 Å². The minimum atomic E-state index is -0.363. The molecule has 12 heavy (non-hydrogen) atoms. The second kappa shape index (κ2) is 2.44. The summed E-state index contributed by atoms with van der Waals surface area (Å²) in [7, 11) is 0. The highest BCUT2D eigenvalue weighted by Gasteiger charge is 2.45. The fourth-order valence-corrected chi connectivity index (χ4v) is 1.94. The SMILES string of the molecule is CC1=CCC[C@H]2C(=O)OC(=O)[C@@H]12. The summed E-state index contributed by atoms with van der Waals surface area (Å²) < 4.78 is 4.56. The fourth-order valence-electron chi connectivity index (χ4n) is 1.94. The van der Waals surface area contributed by atoms with Crippen molar-refractivity contribution in [3.63, 3.8) is 0 Å². The lowest BCUT2D eigenvalue weighted by Crippen LogP contribution is -2.21. The number of fused-ring (bicyclic) bond motifs is 1. The van der Waals surface area contributed by atoms with Gasteiger partial charge < -0.3 is 4.74 Å². The van der Waals surface area contributed by atoms with Gasteiger partial charge in [-0.25, -0.2) is 0 Å². The van der Waals surface area contributed by atoms with Gasteiger partial charge in [-0.1, -0.05) is 11.6 Å². The zero-order chi connectivity index (χ0) is 8.72.